The van der Waals surface area contributed by atoms with Crippen LogP contribution in [-0.2, 0) is 11.3 Å². The van der Waals surface area contributed by atoms with Crippen molar-refractivity contribution in [2.75, 3.05) is 18.4 Å². The molecule has 3 N–H and O–H groups in total. The van der Waals surface area contributed by atoms with E-state index in [1.54, 1.807) is 6.07 Å². The first-order valence-corrected chi connectivity index (χ1v) is 10.6. The average molecular weight is 428 g/mol. The highest BCUT2D eigenvalue weighted by atomic mass is 35.5. The number of H-pyrrole nitrogens is 1. The molecular formula is C23H28ClN4O2+. The second-order valence-electron chi connectivity index (χ2n) is 7.72. The molecule has 1 aromatic heterocycles. The van der Waals surface area contributed by atoms with E-state index in [9.17, 15) is 9.59 Å². The minimum atomic E-state index is -0.156. The molecule has 0 fully saturated rings. The van der Waals surface area contributed by atoms with E-state index in [0.717, 1.165) is 35.4 Å². The number of rotatable bonds is 8. The summed E-state index contributed by atoms with van der Waals surface area (Å²) >= 11 is 6.33. The largest absolute Gasteiger partial charge is 0.321 e. The number of fused-ring (bicyclic) bond motifs is 1. The van der Waals surface area contributed by atoms with Crippen LogP contribution in [0.2, 0.25) is 5.02 Å². The van der Waals surface area contributed by atoms with Gasteiger partial charge in [0.1, 0.15) is 6.54 Å². The second-order valence-corrected chi connectivity index (χ2v) is 8.13. The Morgan fingerprint density at radius 3 is 2.73 bits per heavy atom. The summed E-state index contributed by atoms with van der Waals surface area (Å²) in [5, 5.41) is 4.06. The minimum absolute atomic E-state index is 0.113. The van der Waals surface area contributed by atoms with Crippen LogP contribution in [0.5, 0.6) is 0 Å². The molecule has 2 aromatic carbocycles. The van der Waals surface area contributed by atoms with E-state index in [1.807, 2.05) is 44.2 Å². The highest BCUT2D eigenvalue weighted by Crippen LogP contribution is 2.27. The van der Waals surface area contributed by atoms with E-state index < -0.39 is 0 Å². The van der Waals surface area contributed by atoms with E-state index in [1.165, 1.54) is 0 Å². The number of amides is 1. The number of aromatic amines is 1. The lowest BCUT2D eigenvalue weighted by Crippen LogP contribution is -3.12. The fourth-order valence-corrected chi connectivity index (χ4v) is 3.97. The van der Waals surface area contributed by atoms with Crippen LogP contribution in [0, 0.1) is 13.8 Å². The fraction of sp³-hybridized carbons (Fsp3) is 0.348. The van der Waals surface area contributed by atoms with Crippen molar-refractivity contribution >= 4 is 34.1 Å². The van der Waals surface area contributed by atoms with Crippen LogP contribution in [0.1, 0.15) is 36.7 Å². The van der Waals surface area contributed by atoms with Gasteiger partial charge in [-0.1, -0.05) is 43.1 Å². The summed E-state index contributed by atoms with van der Waals surface area (Å²) in [7, 11) is 0. The van der Waals surface area contributed by atoms with Gasteiger partial charge < -0.3 is 15.2 Å². The number of hydrogen-bond donors (Lipinski definition) is 3. The number of halogens is 1. The number of nitrogens with one attached hydrogen (secondary N) is 3. The van der Waals surface area contributed by atoms with E-state index >= 15 is 0 Å². The highest BCUT2D eigenvalue weighted by molar-refractivity contribution is 6.34. The van der Waals surface area contributed by atoms with Gasteiger partial charge in [0.25, 0.3) is 11.5 Å². The molecule has 0 saturated carbocycles. The number of anilines is 1. The molecule has 3 aromatic rings. The van der Waals surface area contributed by atoms with Gasteiger partial charge in [-0.25, -0.2) is 4.98 Å². The van der Waals surface area contributed by atoms with Crippen molar-refractivity contribution in [2.45, 2.75) is 40.2 Å². The molecule has 0 spiro atoms. The third-order valence-corrected chi connectivity index (χ3v) is 5.37. The number of nitrogens with zero attached hydrogens (tertiary/aromatic N) is 1. The fourth-order valence-electron chi connectivity index (χ4n) is 3.61. The van der Waals surface area contributed by atoms with Crippen molar-refractivity contribution in [3.8, 4) is 0 Å². The summed E-state index contributed by atoms with van der Waals surface area (Å²) in [5.74, 6) is 0.472. The quantitative estimate of drug-likeness (QED) is 0.517. The Hall–Kier alpha value is -2.70. The number of benzene rings is 2. The third-order valence-electron chi connectivity index (χ3n) is 5.07. The normalized spacial score (nSPS) is 12.1. The molecule has 1 heterocycles. The van der Waals surface area contributed by atoms with E-state index in [4.69, 9.17) is 11.6 Å². The third kappa shape index (κ3) is 5.46. The predicted molar refractivity (Wildman–Crippen MR) is 121 cm³/mol. The summed E-state index contributed by atoms with van der Waals surface area (Å²) in [6.45, 7) is 7.55. The number of carbonyl (C=O) groups excluding carboxylic acids is 1. The first kappa shape index (κ1) is 22.0. The average Bonchev–Trinajstić information content (AvgIpc) is 2.69. The Kier molecular flexibility index (Phi) is 7.24. The molecule has 0 radical (unpaired) electrons. The molecule has 7 heteroatoms. The van der Waals surface area contributed by atoms with Crippen LogP contribution >= 0.6 is 11.6 Å². The summed E-state index contributed by atoms with van der Waals surface area (Å²) in [5.41, 5.74) is 3.15. The molecule has 30 heavy (non-hydrogen) atoms. The number of carbonyl (C=O) groups is 1. The van der Waals surface area contributed by atoms with Crippen LogP contribution in [0.3, 0.4) is 0 Å². The van der Waals surface area contributed by atoms with Crippen molar-refractivity contribution in [3.63, 3.8) is 0 Å². The summed E-state index contributed by atoms with van der Waals surface area (Å²) < 4.78 is 0. The van der Waals surface area contributed by atoms with Gasteiger partial charge in [-0.2, -0.15) is 0 Å². The van der Waals surface area contributed by atoms with Crippen molar-refractivity contribution in [1.29, 1.82) is 0 Å². The molecule has 0 aliphatic rings. The summed E-state index contributed by atoms with van der Waals surface area (Å²) in [4.78, 5) is 33.6. The Morgan fingerprint density at radius 2 is 2.00 bits per heavy atom. The lowest BCUT2D eigenvalue weighted by atomic mass is 10.1. The molecular weight excluding hydrogens is 400 g/mol. The van der Waals surface area contributed by atoms with Gasteiger partial charge in [0.15, 0.2) is 12.4 Å². The topological polar surface area (TPSA) is 79.3 Å². The second kappa shape index (κ2) is 9.87. The van der Waals surface area contributed by atoms with Gasteiger partial charge in [0.2, 0.25) is 0 Å². The lowest BCUT2D eigenvalue weighted by molar-refractivity contribution is -0.906. The van der Waals surface area contributed by atoms with Gasteiger partial charge in [-0.3, -0.25) is 9.59 Å². The molecule has 1 amide bonds. The number of aromatic nitrogens is 2. The monoisotopic (exact) mass is 427 g/mol. The first-order valence-electron chi connectivity index (χ1n) is 10.3. The van der Waals surface area contributed by atoms with Gasteiger partial charge >= 0.3 is 0 Å². The molecule has 0 aliphatic carbocycles. The number of para-hydroxylation sites is 1. The Labute approximate surface area is 181 Å². The smallest absolute Gasteiger partial charge is 0.279 e. The molecule has 1 atom stereocenters. The van der Waals surface area contributed by atoms with Crippen LogP contribution in [-0.4, -0.2) is 29.0 Å². The zero-order chi connectivity index (χ0) is 21.7. The van der Waals surface area contributed by atoms with Crippen LogP contribution in [0.4, 0.5) is 5.69 Å². The van der Waals surface area contributed by atoms with Crippen molar-refractivity contribution < 1.29 is 9.69 Å². The molecule has 0 aliphatic heterocycles. The maximum Gasteiger partial charge on any atom is 0.279 e. The number of quaternary nitrogens is 1. The van der Waals surface area contributed by atoms with E-state index in [2.05, 4.69) is 22.2 Å². The van der Waals surface area contributed by atoms with Gasteiger partial charge in [-0.05, 0) is 49.6 Å². The molecule has 3 rings (SSSR count). The van der Waals surface area contributed by atoms with Gasteiger partial charge in [0.05, 0.1) is 28.2 Å². The maximum absolute atomic E-state index is 12.8. The van der Waals surface area contributed by atoms with E-state index in [0.29, 0.717) is 34.0 Å². The van der Waals surface area contributed by atoms with Crippen molar-refractivity contribution in [3.05, 3.63) is 68.7 Å². The Bertz CT molecular complexity index is 1090. The maximum atomic E-state index is 12.8. The van der Waals surface area contributed by atoms with Crippen molar-refractivity contribution in [2.24, 2.45) is 0 Å². The van der Waals surface area contributed by atoms with Crippen LogP contribution < -0.4 is 15.8 Å². The summed E-state index contributed by atoms with van der Waals surface area (Å²) in [6.07, 6.45) is 2.00. The highest BCUT2D eigenvalue weighted by Gasteiger charge is 2.18. The molecule has 0 bridgehead atoms. The molecule has 6 nitrogen and oxygen atoms in total. The minimum Gasteiger partial charge on any atom is -0.321 e. The first-order chi connectivity index (χ1) is 14.4. The standard InChI is InChI=1S/C23H27ClN4O2/c1-4-5-10-28(13-20-25-19-9-7-6-8-17(19)23(30)26-20)14-21(29)27-22-16(3)11-15(2)12-18(22)24/h6-9,11-12H,4-5,10,13-14H2,1-3H3,(H,27,29)(H,25,26,30)/p+1. The predicted octanol–water partition coefficient (Wildman–Crippen LogP) is 3.02. The summed E-state index contributed by atoms with van der Waals surface area (Å²) in [6, 6.07) is 11.1. The SMILES string of the molecule is CCCC[NH+](CC(=O)Nc1c(C)cc(C)cc1Cl)Cc1nc2ccccc2c(=O)[nH]1. The van der Waals surface area contributed by atoms with Crippen molar-refractivity contribution in [1.82, 2.24) is 9.97 Å². The van der Waals surface area contributed by atoms with Gasteiger partial charge in [0, 0.05) is 0 Å². The molecule has 0 saturated heterocycles. The Morgan fingerprint density at radius 1 is 1.23 bits per heavy atom. The molecule has 158 valence electrons. The zero-order valence-corrected chi connectivity index (χ0v) is 18.4. The van der Waals surface area contributed by atoms with E-state index in [-0.39, 0.29) is 18.0 Å². The number of unbranched alkanes of at least 4 members (excludes halogenated alkanes) is 1. The lowest BCUT2D eigenvalue weighted by Gasteiger charge is -2.19. The Balaban J connectivity index is 1.76. The number of hydrogen-bond acceptors (Lipinski definition) is 3. The molecule has 1 unspecified atom stereocenters. The zero-order valence-electron chi connectivity index (χ0n) is 17.6. The van der Waals surface area contributed by atoms with Crippen LogP contribution in [0.25, 0.3) is 10.9 Å². The van der Waals surface area contributed by atoms with Gasteiger partial charge in [-0.15, -0.1) is 0 Å². The van der Waals surface area contributed by atoms with Crippen LogP contribution in [0.15, 0.2) is 41.2 Å². The number of aryl methyl sites for hydroxylation is 2.